The number of hydrogen-bond donors (Lipinski definition) is 1. The molecule has 82 valence electrons. The number of nitrogens with zero attached hydrogens (tertiary/aromatic N) is 1. The molecule has 5 nitrogen and oxygen atoms in total. The third-order valence-corrected chi connectivity index (χ3v) is 1.89. The second-order valence-corrected chi connectivity index (χ2v) is 3.52. The number of ether oxygens (including phenoxy) is 2. The van der Waals surface area contributed by atoms with Gasteiger partial charge in [-0.15, -0.1) is 0 Å². The smallest absolute Gasteiger partial charge is 0.329 e. The fraction of sp³-hybridized carbons (Fsp3) is 0.333. The quantitative estimate of drug-likeness (QED) is 0.794. The van der Waals surface area contributed by atoms with E-state index in [1.807, 2.05) is 0 Å². The molecule has 15 heavy (non-hydrogen) atoms. The highest BCUT2D eigenvalue weighted by molar-refractivity contribution is 9.10. The molecule has 1 rings (SSSR count). The van der Waals surface area contributed by atoms with Gasteiger partial charge in [-0.2, -0.15) is 0 Å². The maximum atomic E-state index is 10.1. The molecule has 0 radical (unpaired) electrons. The van der Waals surface area contributed by atoms with E-state index in [4.69, 9.17) is 14.6 Å². The van der Waals surface area contributed by atoms with E-state index < -0.39 is 5.97 Å². The first kappa shape index (κ1) is 11.9. The largest absolute Gasteiger partial charge is 0.480 e. The minimum atomic E-state index is -0.990. The summed E-state index contributed by atoms with van der Waals surface area (Å²) >= 11 is 3.27. The predicted octanol–water partition coefficient (Wildman–Crippen LogP) is 1.32. The summed E-state index contributed by atoms with van der Waals surface area (Å²) in [6.07, 6.45) is 1.61. The molecular formula is C9H10BrNO4. The first-order valence-corrected chi connectivity index (χ1v) is 5.01. The second kappa shape index (κ2) is 6.36. The van der Waals surface area contributed by atoms with E-state index in [1.165, 1.54) is 0 Å². The van der Waals surface area contributed by atoms with E-state index in [1.54, 1.807) is 18.3 Å². The van der Waals surface area contributed by atoms with Crippen LogP contribution < -0.4 is 4.74 Å². The summed E-state index contributed by atoms with van der Waals surface area (Å²) in [4.78, 5) is 14.0. The van der Waals surface area contributed by atoms with E-state index >= 15 is 0 Å². The minimum absolute atomic E-state index is 0.223. The predicted molar refractivity (Wildman–Crippen MR) is 55.9 cm³/mol. The van der Waals surface area contributed by atoms with Gasteiger partial charge in [0.1, 0.15) is 13.2 Å². The van der Waals surface area contributed by atoms with Crippen molar-refractivity contribution in [3.63, 3.8) is 0 Å². The van der Waals surface area contributed by atoms with Gasteiger partial charge in [-0.1, -0.05) is 15.9 Å². The van der Waals surface area contributed by atoms with Gasteiger partial charge in [0.15, 0.2) is 0 Å². The Kier molecular flexibility index (Phi) is 5.06. The van der Waals surface area contributed by atoms with Crippen LogP contribution in [0, 0.1) is 0 Å². The van der Waals surface area contributed by atoms with Crippen LogP contribution in [-0.2, 0) is 9.53 Å². The first-order valence-electron chi connectivity index (χ1n) is 4.22. The Hall–Kier alpha value is -1.14. The Morgan fingerprint density at radius 3 is 3.00 bits per heavy atom. The van der Waals surface area contributed by atoms with Gasteiger partial charge >= 0.3 is 5.97 Å². The summed E-state index contributed by atoms with van der Waals surface area (Å²) in [5.41, 5.74) is 0. The number of aliphatic carboxylic acids is 1. The number of carboxylic acids is 1. The van der Waals surface area contributed by atoms with E-state index in [0.717, 1.165) is 4.47 Å². The number of carbonyl (C=O) groups is 1. The van der Waals surface area contributed by atoms with Crippen molar-refractivity contribution in [2.75, 3.05) is 19.8 Å². The molecule has 0 atom stereocenters. The third-order valence-electron chi connectivity index (χ3n) is 1.40. The van der Waals surface area contributed by atoms with Crippen LogP contribution in [0.15, 0.2) is 22.8 Å². The number of halogens is 1. The molecule has 6 heteroatoms. The van der Waals surface area contributed by atoms with Crippen LogP contribution in [0.3, 0.4) is 0 Å². The van der Waals surface area contributed by atoms with Crippen molar-refractivity contribution in [1.29, 1.82) is 0 Å². The van der Waals surface area contributed by atoms with Crippen molar-refractivity contribution in [3.05, 3.63) is 22.8 Å². The van der Waals surface area contributed by atoms with Crippen LogP contribution in [0.1, 0.15) is 0 Å². The highest BCUT2D eigenvalue weighted by atomic mass is 79.9. The van der Waals surface area contributed by atoms with Crippen LogP contribution in [0.4, 0.5) is 0 Å². The molecule has 0 saturated heterocycles. The second-order valence-electron chi connectivity index (χ2n) is 2.61. The molecule has 1 N–H and O–H groups in total. The van der Waals surface area contributed by atoms with E-state index in [2.05, 4.69) is 20.9 Å². The lowest BCUT2D eigenvalue weighted by Crippen LogP contribution is -2.12. The number of rotatable bonds is 6. The van der Waals surface area contributed by atoms with Gasteiger partial charge in [-0.25, -0.2) is 9.78 Å². The van der Waals surface area contributed by atoms with Gasteiger partial charge in [0.25, 0.3) is 0 Å². The molecule has 0 aliphatic carbocycles. The Balaban J connectivity index is 2.17. The number of hydrogen-bond acceptors (Lipinski definition) is 4. The first-order chi connectivity index (χ1) is 7.18. The van der Waals surface area contributed by atoms with Crippen LogP contribution in [0.25, 0.3) is 0 Å². The van der Waals surface area contributed by atoms with Crippen LogP contribution in [0.2, 0.25) is 0 Å². The molecule has 0 spiro atoms. The SMILES string of the molecule is O=C(O)COCCOc1cc(Br)ccn1. The monoisotopic (exact) mass is 275 g/mol. The number of carboxylic acid groups (broad SMARTS) is 1. The molecule has 0 bridgehead atoms. The van der Waals surface area contributed by atoms with Gasteiger partial charge in [0.2, 0.25) is 5.88 Å². The summed E-state index contributed by atoms with van der Waals surface area (Å²) in [5, 5.41) is 8.28. The lowest BCUT2D eigenvalue weighted by Gasteiger charge is -2.04. The Bertz CT molecular complexity index is 332. The van der Waals surface area contributed by atoms with E-state index in [0.29, 0.717) is 5.88 Å². The zero-order valence-corrected chi connectivity index (χ0v) is 9.44. The topological polar surface area (TPSA) is 68.7 Å². The number of pyridine rings is 1. The fourth-order valence-electron chi connectivity index (χ4n) is 0.829. The van der Waals surface area contributed by atoms with Gasteiger partial charge in [0.05, 0.1) is 6.61 Å². The molecule has 0 aromatic carbocycles. The Morgan fingerprint density at radius 2 is 2.33 bits per heavy atom. The number of aromatic nitrogens is 1. The normalized spacial score (nSPS) is 9.93. The van der Waals surface area contributed by atoms with Crippen molar-refractivity contribution < 1.29 is 19.4 Å². The highest BCUT2D eigenvalue weighted by Crippen LogP contribution is 2.14. The van der Waals surface area contributed by atoms with E-state index in [9.17, 15) is 4.79 Å². The highest BCUT2D eigenvalue weighted by Gasteiger charge is 1.98. The van der Waals surface area contributed by atoms with Gasteiger partial charge in [0, 0.05) is 16.7 Å². The fourth-order valence-corrected chi connectivity index (χ4v) is 1.14. The van der Waals surface area contributed by atoms with Crippen molar-refractivity contribution in [2.24, 2.45) is 0 Å². The molecule has 0 fully saturated rings. The van der Waals surface area contributed by atoms with Crippen molar-refractivity contribution in [1.82, 2.24) is 4.98 Å². The standard InChI is InChI=1S/C9H10BrNO4/c10-7-1-2-11-8(5-7)15-4-3-14-6-9(12)13/h1-2,5H,3-4,6H2,(H,12,13). The van der Waals surface area contributed by atoms with Crippen LogP contribution in [0.5, 0.6) is 5.88 Å². The molecule has 0 saturated carbocycles. The molecule has 0 aliphatic heterocycles. The Labute approximate surface area is 95.2 Å². The lowest BCUT2D eigenvalue weighted by atomic mass is 10.5. The average molecular weight is 276 g/mol. The van der Waals surface area contributed by atoms with Crippen LogP contribution in [-0.4, -0.2) is 35.9 Å². The summed E-state index contributed by atoms with van der Waals surface area (Å²) < 4.78 is 10.9. The average Bonchev–Trinajstić information content (AvgIpc) is 2.17. The van der Waals surface area contributed by atoms with Gasteiger partial charge < -0.3 is 14.6 Å². The summed E-state index contributed by atoms with van der Waals surface area (Å²) in [5.74, 6) is -0.515. The maximum Gasteiger partial charge on any atom is 0.329 e. The molecule has 0 amide bonds. The molecule has 1 aromatic heterocycles. The molecule has 0 aliphatic rings. The molecular weight excluding hydrogens is 266 g/mol. The molecule has 0 unspecified atom stereocenters. The van der Waals surface area contributed by atoms with E-state index in [-0.39, 0.29) is 19.8 Å². The van der Waals surface area contributed by atoms with Crippen molar-refractivity contribution in [3.8, 4) is 5.88 Å². The van der Waals surface area contributed by atoms with Crippen molar-refractivity contribution >= 4 is 21.9 Å². The minimum Gasteiger partial charge on any atom is -0.480 e. The van der Waals surface area contributed by atoms with Crippen LogP contribution >= 0.6 is 15.9 Å². The third kappa shape index (κ3) is 5.34. The van der Waals surface area contributed by atoms with Crippen molar-refractivity contribution in [2.45, 2.75) is 0 Å². The lowest BCUT2D eigenvalue weighted by molar-refractivity contribution is -0.142. The molecule has 1 aromatic rings. The van der Waals surface area contributed by atoms with Gasteiger partial charge in [-0.05, 0) is 6.07 Å². The zero-order chi connectivity index (χ0) is 11.1. The Morgan fingerprint density at radius 1 is 1.53 bits per heavy atom. The summed E-state index contributed by atoms with van der Waals surface area (Å²) in [6, 6.07) is 3.50. The summed E-state index contributed by atoms with van der Waals surface area (Å²) in [6.45, 7) is 0.187. The maximum absolute atomic E-state index is 10.1. The zero-order valence-electron chi connectivity index (χ0n) is 7.85. The molecule has 1 heterocycles. The summed E-state index contributed by atoms with van der Waals surface area (Å²) in [7, 11) is 0. The van der Waals surface area contributed by atoms with Gasteiger partial charge in [-0.3, -0.25) is 0 Å².